The molecule has 1 aliphatic rings. The van der Waals surface area contributed by atoms with Gasteiger partial charge in [0.15, 0.2) is 7.14 Å². The second-order valence-electron chi connectivity index (χ2n) is 8.49. The zero-order valence-electron chi connectivity index (χ0n) is 18.2. The van der Waals surface area contributed by atoms with Crippen LogP contribution in [-0.4, -0.2) is 16.9 Å². The van der Waals surface area contributed by atoms with Gasteiger partial charge < -0.3 is 14.4 Å². The molecule has 162 valence electrons. The summed E-state index contributed by atoms with van der Waals surface area (Å²) >= 11 is 0. The topological polar surface area (TPSA) is 46.5 Å². The van der Waals surface area contributed by atoms with E-state index < -0.39 is 18.6 Å². The highest BCUT2D eigenvalue weighted by Gasteiger charge is 2.61. The van der Waals surface area contributed by atoms with Gasteiger partial charge in [0.1, 0.15) is 0 Å². The largest absolute Gasteiger partial charge is 0.361 e. The second-order valence-corrected chi connectivity index (χ2v) is 11.4. The maximum Gasteiger partial charge on any atom is 0.203 e. The van der Waals surface area contributed by atoms with Crippen LogP contribution in [0.5, 0.6) is 0 Å². The van der Waals surface area contributed by atoms with E-state index in [0.29, 0.717) is 5.56 Å². The monoisotopic (exact) mass is 434 g/mol. The number of hydrogen-bond acceptors (Lipinski definition) is 3. The van der Waals surface area contributed by atoms with E-state index in [1.54, 1.807) is 0 Å². The van der Waals surface area contributed by atoms with Gasteiger partial charge in [-0.2, -0.15) is 0 Å². The summed E-state index contributed by atoms with van der Waals surface area (Å²) in [5.41, 5.74) is 0.0759. The zero-order valence-corrected chi connectivity index (χ0v) is 19.1. The molecule has 1 heterocycles. The molecule has 4 heteroatoms. The van der Waals surface area contributed by atoms with Crippen molar-refractivity contribution in [2.45, 2.75) is 50.7 Å². The van der Waals surface area contributed by atoms with E-state index in [1.807, 2.05) is 91.0 Å². The molecule has 0 radical (unpaired) electrons. The number of aliphatic hydroxyl groups is 1. The minimum atomic E-state index is -3.26. The van der Waals surface area contributed by atoms with Crippen LogP contribution in [-0.2, 0) is 15.1 Å². The fourth-order valence-electron chi connectivity index (χ4n) is 4.96. The molecule has 4 atom stereocenters. The molecule has 0 bridgehead atoms. The summed E-state index contributed by atoms with van der Waals surface area (Å²) in [5.74, 6) is -1.71. The van der Waals surface area contributed by atoms with Crippen molar-refractivity contribution >= 4 is 17.8 Å². The van der Waals surface area contributed by atoms with Crippen LogP contribution >= 0.6 is 7.14 Å². The maximum absolute atomic E-state index is 15.2. The van der Waals surface area contributed by atoms with Crippen molar-refractivity contribution in [2.75, 3.05) is 0 Å². The first-order valence-corrected chi connectivity index (χ1v) is 13.0. The van der Waals surface area contributed by atoms with Crippen LogP contribution in [0, 0.1) is 5.92 Å². The summed E-state index contributed by atoms with van der Waals surface area (Å²) in [5, 5.41) is 13.6. The number of benzene rings is 3. The number of unbranched alkanes of at least 4 members (excludes halogenated alkanes) is 1. The predicted molar refractivity (Wildman–Crippen MR) is 127 cm³/mol. The van der Waals surface area contributed by atoms with E-state index in [4.69, 9.17) is 4.74 Å². The fourth-order valence-corrected chi connectivity index (χ4v) is 8.68. The lowest BCUT2D eigenvalue weighted by molar-refractivity contribution is -0.200. The zero-order chi connectivity index (χ0) is 21.9. The average molecular weight is 435 g/mol. The van der Waals surface area contributed by atoms with E-state index in [0.717, 1.165) is 29.9 Å². The first-order chi connectivity index (χ1) is 15.0. The van der Waals surface area contributed by atoms with Gasteiger partial charge in [0.05, 0.1) is 11.8 Å². The molecule has 1 fully saturated rings. The Kier molecular flexibility index (Phi) is 6.48. The SMILES string of the molecule is CCCC[C@H]1O[C@@](O)(c2ccccc2)[C@H](P(=O)(c2ccccc2)c2ccccc2)[C@H]1C. The molecule has 0 amide bonds. The number of ether oxygens (including phenoxy) is 1. The lowest BCUT2D eigenvalue weighted by Crippen LogP contribution is -2.43. The Balaban J connectivity index is 1.93. The molecule has 1 N–H and O–H groups in total. The summed E-state index contributed by atoms with van der Waals surface area (Å²) in [7, 11) is -3.26. The fraction of sp³-hybridized carbons (Fsp3) is 0.333. The van der Waals surface area contributed by atoms with Crippen molar-refractivity contribution < 1.29 is 14.4 Å². The van der Waals surface area contributed by atoms with Gasteiger partial charge in [-0.15, -0.1) is 0 Å². The smallest absolute Gasteiger partial charge is 0.203 e. The Bertz CT molecular complexity index is 979. The summed E-state index contributed by atoms with van der Waals surface area (Å²) in [4.78, 5) is 0. The number of hydrogen-bond donors (Lipinski definition) is 1. The molecule has 3 nitrogen and oxygen atoms in total. The molecule has 1 aliphatic heterocycles. The van der Waals surface area contributed by atoms with E-state index in [1.165, 1.54) is 0 Å². The molecule has 4 rings (SSSR count). The third kappa shape index (κ3) is 3.91. The highest BCUT2D eigenvalue weighted by Crippen LogP contribution is 2.62. The first kappa shape index (κ1) is 22.0. The molecule has 0 saturated carbocycles. The molecule has 0 aromatic heterocycles. The molecule has 0 spiro atoms. The van der Waals surface area contributed by atoms with Crippen LogP contribution in [0.2, 0.25) is 0 Å². The van der Waals surface area contributed by atoms with Gasteiger partial charge in [-0.05, 0) is 12.3 Å². The molecule has 31 heavy (non-hydrogen) atoms. The Morgan fingerprint density at radius 1 is 0.871 bits per heavy atom. The third-order valence-corrected chi connectivity index (χ3v) is 10.3. The van der Waals surface area contributed by atoms with Crippen molar-refractivity contribution in [1.82, 2.24) is 0 Å². The van der Waals surface area contributed by atoms with Crippen LogP contribution in [0.25, 0.3) is 0 Å². The minimum Gasteiger partial charge on any atom is -0.361 e. The van der Waals surface area contributed by atoms with Crippen LogP contribution in [0.4, 0.5) is 0 Å². The quantitative estimate of drug-likeness (QED) is 0.504. The van der Waals surface area contributed by atoms with Gasteiger partial charge in [0.2, 0.25) is 5.79 Å². The summed E-state index contributed by atoms with van der Waals surface area (Å²) in [6.07, 6.45) is 2.74. The molecule has 3 aromatic carbocycles. The van der Waals surface area contributed by atoms with E-state index >= 15 is 4.57 Å². The van der Waals surface area contributed by atoms with Crippen LogP contribution in [0.3, 0.4) is 0 Å². The normalized spacial score (nSPS) is 26.1. The molecular formula is C27H31O3P. The predicted octanol–water partition coefficient (Wildman–Crippen LogP) is 5.44. The van der Waals surface area contributed by atoms with Gasteiger partial charge in [-0.1, -0.05) is 118 Å². The third-order valence-electron chi connectivity index (χ3n) is 6.52. The van der Waals surface area contributed by atoms with Gasteiger partial charge in [0, 0.05) is 16.2 Å². The van der Waals surface area contributed by atoms with Crippen LogP contribution in [0.15, 0.2) is 91.0 Å². The Hall–Kier alpha value is -2.19. The molecular weight excluding hydrogens is 403 g/mol. The summed E-state index contributed by atoms with van der Waals surface area (Å²) in [6, 6.07) is 28.7. The lowest BCUT2D eigenvalue weighted by atomic mass is 9.93. The maximum atomic E-state index is 15.2. The van der Waals surface area contributed by atoms with E-state index in [-0.39, 0.29) is 12.0 Å². The van der Waals surface area contributed by atoms with Crippen molar-refractivity contribution in [3.8, 4) is 0 Å². The summed E-state index contributed by atoms with van der Waals surface area (Å²) in [6.45, 7) is 4.24. The van der Waals surface area contributed by atoms with E-state index in [9.17, 15) is 5.11 Å². The second kappa shape index (κ2) is 9.12. The van der Waals surface area contributed by atoms with Crippen molar-refractivity contribution in [1.29, 1.82) is 0 Å². The van der Waals surface area contributed by atoms with Crippen LogP contribution < -0.4 is 10.6 Å². The highest BCUT2D eigenvalue weighted by atomic mass is 31.2. The van der Waals surface area contributed by atoms with Crippen molar-refractivity contribution in [3.05, 3.63) is 96.6 Å². The minimum absolute atomic E-state index is 0.0806. The Morgan fingerprint density at radius 2 is 1.35 bits per heavy atom. The number of rotatable bonds is 7. The standard InChI is InChI=1S/C27H31O3P/c1-3-4-20-25-21(2)26(27(28,30-25)22-14-8-5-9-15-22)31(29,23-16-10-6-11-17-23)24-18-12-7-13-19-24/h5-19,21,25-26,28H,3-4,20H2,1-2H3/t21-,25+,26+,27-/m0/s1. The van der Waals surface area contributed by atoms with Crippen LogP contribution in [0.1, 0.15) is 38.7 Å². The average Bonchev–Trinajstić information content (AvgIpc) is 3.10. The van der Waals surface area contributed by atoms with Gasteiger partial charge in [-0.3, -0.25) is 0 Å². The van der Waals surface area contributed by atoms with Gasteiger partial charge in [0.25, 0.3) is 0 Å². The van der Waals surface area contributed by atoms with E-state index in [2.05, 4.69) is 13.8 Å². The van der Waals surface area contributed by atoms with Crippen molar-refractivity contribution in [2.24, 2.45) is 5.92 Å². The van der Waals surface area contributed by atoms with Crippen molar-refractivity contribution in [3.63, 3.8) is 0 Å². The molecule has 0 unspecified atom stereocenters. The highest BCUT2D eigenvalue weighted by molar-refractivity contribution is 7.79. The summed E-state index contributed by atoms with van der Waals surface area (Å²) < 4.78 is 21.6. The Labute approximate surface area is 185 Å². The molecule has 3 aromatic rings. The molecule has 0 aliphatic carbocycles. The van der Waals surface area contributed by atoms with Gasteiger partial charge in [-0.25, -0.2) is 0 Å². The first-order valence-electron chi connectivity index (χ1n) is 11.2. The lowest BCUT2D eigenvalue weighted by Gasteiger charge is -2.36. The van der Waals surface area contributed by atoms with Gasteiger partial charge >= 0.3 is 0 Å². The Morgan fingerprint density at radius 3 is 1.84 bits per heavy atom. The molecule has 1 saturated heterocycles.